The van der Waals surface area contributed by atoms with Gasteiger partial charge in [0.2, 0.25) is 0 Å². The second kappa shape index (κ2) is 4.86. The SMILES string of the molecule is N.[He].c12c3c4c5c1c1c6c7c2c2c8c3c3c9c4c4c%10c5c5c1c1c6c6c%11c7c2c2c7c8c3c3c8c9c4c4c9c%10c5c5c1c1c6c6c%11c2c2c7c3c3c8c4c4c9c5c1c1c6c2c3c41. The fraction of sp³-hybridized carbons (Fsp3) is 0. The van der Waals surface area contributed by atoms with Crippen LogP contribution >= 0.6 is 0 Å². The zero-order valence-electron chi connectivity index (χ0n) is 31.4. The molecule has 0 fully saturated rings. The summed E-state index contributed by atoms with van der Waals surface area (Å²) < 4.78 is 0. The predicted octanol–water partition coefficient (Wildman–Crippen LogP) is 17.9. The van der Waals surface area contributed by atoms with E-state index >= 15 is 0 Å². The molecule has 0 amide bonds. The Morgan fingerprint density at radius 1 is 0.0645 bits per heavy atom. The molecule has 0 unspecified atom stereocenters. The molecule has 32 rings (SSSR count). The van der Waals surface area contributed by atoms with Crippen molar-refractivity contribution in [1.29, 1.82) is 0 Å². The van der Waals surface area contributed by atoms with Crippen LogP contribution in [0.3, 0.4) is 0 Å². The topological polar surface area (TPSA) is 35.0 Å². The fourth-order valence-corrected chi connectivity index (χ4v) is 22.5. The quantitative estimate of drug-likeness (QED) is 0.154. The normalized spacial score (nSPS) is 17.4. The number of hydrogen-bond donors (Lipinski definition) is 1. The molecule has 2 heteroatoms. The Hall–Kier alpha value is -7.93. The van der Waals surface area contributed by atoms with Crippen molar-refractivity contribution in [1.82, 2.24) is 6.15 Å². The Morgan fingerprint density at radius 2 is 0.0806 bits per heavy atom. The van der Waals surface area contributed by atoms with E-state index in [1.54, 1.807) is 323 Å². The van der Waals surface area contributed by atoms with Crippen LogP contribution in [0.2, 0.25) is 0 Å². The minimum atomic E-state index is 0. The molecule has 0 saturated carbocycles. The maximum atomic E-state index is 1.67. The van der Waals surface area contributed by atoms with Crippen molar-refractivity contribution in [2.75, 3.05) is 0 Å². The Morgan fingerprint density at radius 3 is 0.0968 bits per heavy atom. The summed E-state index contributed by atoms with van der Waals surface area (Å²) in [4.78, 5) is 0. The Bertz CT molecular complexity index is 4040. The van der Waals surface area contributed by atoms with Crippen molar-refractivity contribution in [3.8, 4) is 0 Å². The van der Waals surface area contributed by atoms with E-state index in [-0.39, 0.29) is 12.3 Å². The second-order valence-electron chi connectivity index (χ2n) is 22.5. The molecular weight excluding hydrogens is 739 g/mol. The summed E-state index contributed by atoms with van der Waals surface area (Å²) >= 11 is 0. The fourth-order valence-electron chi connectivity index (χ4n) is 22.5. The van der Waals surface area contributed by atoms with Gasteiger partial charge in [-0.3, -0.25) is 0 Å². The van der Waals surface area contributed by atoms with Crippen LogP contribution in [-0.2, 0) is 0 Å². The third-order valence-corrected chi connectivity index (χ3v) is 22.5. The summed E-state index contributed by atoms with van der Waals surface area (Å²) in [7, 11) is 0. The van der Waals surface area contributed by atoms with Gasteiger partial charge in [-0.05, 0) is 0 Å². The van der Waals surface area contributed by atoms with E-state index in [1.165, 1.54) is 0 Å². The molecule has 0 heterocycles. The van der Waals surface area contributed by atoms with Crippen LogP contribution in [0.4, 0.5) is 0 Å². The van der Waals surface area contributed by atoms with Crippen LogP contribution in [-0.4, -0.2) is 0 Å². The minimum absolute atomic E-state index is 0. The van der Waals surface area contributed by atoms with E-state index in [0.29, 0.717) is 0 Å². The van der Waals surface area contributed by atoms with Gasteiger partial charge < -0.3 is 6.15 Å². The van der Waals surface area contributed by atoms with Crippen LogP contribution in [0.5, 0.6) is 0 Å². The Balaban J connectivity index is 0.00000135. The maximum absolute atomic E-state index is 1.67. The summed E-state index contributed by atoms with van der Waals surface area (Å²) in [6.45, 7) is 0. The largest absolute Gasteiger partial charge is 0.344 e. The van der Waals surface area contributed by atoms with Crippen LogP contribution in [0.25, 0.3) is 323 Å². The summed E-state index contributed by atoms with van der Waals surface area (Å²) in [5.41, 5.74) is 0. The van der Waals surface area contributed by atoms with Gasteiger partial charge in [0.05, 0.1) is 0 Å². The molecule has 0 radical (unpaired) electrons. The van der Waals surface area contributed by atoms with Crippen molar-refractivity contribution in [3.63, 3.8) is 0 Å². The van der Waals surface area contributed by atoms with E-state index in [1.807, 2.05) is 0 Å². The predicted molar refractivity (Wildman–Crippen MR) is 266 cm³/mol. The van der Waals surface area contributed by atoms with E-state index in [9.17, 15) is 0 Å². The Kier molecular flexibility index (Phi) is 1.77. The third kappa shape index (κ3) is 1.10. The molecule has 1 nitrogen and oxygen atoms in total. The smallest absolute Gasteiger partial charge is 0 e. The zero-order chi connectivity index (χ0) is 34.6. The molecule has 32 aromatic carbocycles. The first-order valence-electron chi connectivity index (χ1n) is 22.5. The molecule has 250 valence electrons. The maximum Gasteiger partial charge on any atom is 0 e. The number of benzene rings is 20. The van der Waals surface area contributed by atoms with Gasteiger partial charge in [-0.25, -0.2) is 0 Å². The van der Waals surface area contributed by atoms with Gasteiger partial charge in [-0.1, -0.05) is 0 Å². The van der Waals surface area contributed by atoms with E-state index in [0.717, 1.165) is 0 Å². The van der Waals surface area contributed by atoms with Gasteiger partial charge in [-0.2, -0.15) is 0 Å². The van der Waals surface area contributed by atoms with Crippen molar-refractivity contribution in [3.05, 3.63) is 0 Å². The minimum Gasteiger partial charge on any atom is -0.344 e. The van der Waals surface area contributed by atoms with Gasteiger partial charge in [0, 0.05) is 329 Å². The van der Waals surface area contributed by atoms with Crippen molar-refractivity contribution < 1.29 is 6.15 Å². The van der Waals surface area contributed by atoms with Crippen LogP contribution in [0, 0.1) is 6.15 Å². The molecule has 0 spiro atoms. The summed E-state index contributed by atoms with van der Waals surface area (Å²) in [6, 6.07) is 0. The van der Waals surface area contributed by atoms with Gasteiger partial charge in [0.15, 0.2) is 0 Å². The van der Waals surface area contributed by atoms with Crippen LogP contribution < -0.4 is 6.15 Å². The second-order valence-corrected chi connectivity index (χ2v) is 22.5. The first-order chi connectivity index (χ1) is 30.0. The molecule has 0 atom stereocenters. The van der Waals surface area contributed by atoms with Crippen LogP contribution in [0.15, 0.2) is 0 Å². The van der Waals surface area contributed by atoms with E-state index in [2.05, 4.69) is 0 Å². The molecule has 0 aliphatic rings. The molecule has 3 N–H and O–H groups in total. The first kappa shape index (κ1) is 22.6. The standard InChI is InChI=1S/C60.He.H3N/c1-2-5-6-3(1)8-12-10-4(1)9-11-7(2)17-21-13(5)23-24-14(6)22-18(8)28-20(12)30-26-16(10)15(9)25-29-19(11)27(17)37-41-31(21)33(23)43-44-34(24)32(22)42-38(28)48-40(30)46-36(26)35(25)45-39(29)47(37)55-49(41)51(43)57-52(44)50(42)56(48)59-54(46)53(45)58(55)60(57)59;;/h;;1H3. The van der Waals surface area contributed by atoms with Gasteiger partial charge in [-0.15, -0.1) is 0 Å². The molecular formula is C60H3HeN. The van der Waals surface area contributed by atoms with Gasteiger partial charge in [0.25, 0.3) is 0 Å². The summed E-state index contributed by atoms with van der Waals surface area (Å²) in [5.74, 6) is 0. The molecule has 0 aliphatic carbocycles. The first-order valence-corrected chi connectivity index (χ1v) is 22.5. The van der Waals surface area contributed by atoms with Crippen molar-refractivity contribution in [2.45, 2.75) is 0 Å². The van der Waals surface area contributed by atoms with Gasteiger partial charge >= 0.3 is 0 Å². The number of hydrogen-bond acceptors (Lipinski definition) is 1. The third-order valence-electron chi connectivity index (χ3n) is 22.5. The van der Waals surface area contributed by atoms with Crippen LogP contribution in [0.1, 0.15) is 0 Å². The summed E-state index contributed by atoms with van der Waals surface area (Å²) in [5, 5.41) is 100. The van der Waals surface area contributed by atoms with E-state index in [4.69, 9.17) is 0 Å². The van der Waals surface area contributed by atoms with Gasteiger partial charge in [0.1, 0.15) is 0 Å². The average Bonchev–Trinajstić information content (AvgIpc) is 4.09. The molecule has 0 saturated heterocycles. The average molecular weight is 742 g/mol. The molecule has 0 aromatic heterocycles. The summed E-state index contributed by atoms with van der Waals surface area (Å²) in [6.07, 6.45) is 0. The molecule has 0 aliphatic heterocycles. The van der Waals surface area contributed by atoms with E-state index < -0.39 is 0 Å². The monoisotopic (exact) mass is 741 g/mol. The molecule has 0 bridgehead atoms. The zero-order valence-corrected chi connectivity index (χ0v) is 31.4. The van der Waals surface area contributed by atoms with Crippen molar-refractivity contribution in [2.24, 2.45) is 0 Å². The Labute approximate surface area is 333 Å². The van der Waals surface area contributed by atoms with Crippen molar-refractivity contribution >= 4 is 323 Å². The number of rotatable bonds is 0. The molecule has 32 aromatic rings. The molecule has 62 heavy (non-hydrogen) atoms.